The molecule has 2 unspecified atom stereocenters. The molecule has 2 heterocycles. The van der Waals surface area contributed by atoms with Gasteiger partial charge in [0.2, 0.25) is 5.91 Å². The van der Waals surface area contributed by atoms with Crippen molar-refractivity contribution in [1.82, 2.24) is 10.2 Å². The third kappa shape index (κ3) is 3.64. The Hall–Kier alpha value is -1.82. The fourth-order valence-electron chi connectivity index (χ4n) is 2.56. The first kappa shape index (κ1) is 15.6. The molecule has 6 nitrogen and oxygen atoms in total. The maximum Gasteiger partial charge on any atom is 0.290 e. The summed E-state index contributed by atoms with van der Waals surface area (Å²) >= 11 is 0. The number of nitrogens with zero attached hydrogens (tertiary/aromatic N) is 1. The van der Waals surface area contributed by atoms with E-state index in [1.165, 1.54) is 6.26 Å². The quantitative estimate of drug-likeness (QED) is 0.853. The van der Waals surface area contributed by atoms with Gasteiger partial charge in [-0.2, -0.15) is 0 Å². The van der Waals surface area contributed by atoms with Gasteiger partial charge in [0, 0.05) is 6.54 Å². The molecular weight excluding hydrogens is 272 g/mol. The molecule has 0 spiro atoms. The van der Waals surface area contributed by atoms with E-state index in [1.807, 2.05) is 6.92 Å². The standard InChI is InChI=1S/C15H22N2O4/c1-2-11(10-18)16-14(19)12-6-3-4-8-17(12)15(20)13-7-5-9-21-13/h5,7,9,11-12,18H,2-4,6,8,10H2,1H3,(H,16,19). The van der Waals surface area contributed by atoms with Crippen molar-refractivity contribution in [3.63, 3.8) is 0 Å². The predicted molar refractivity (Wildman–Crippen MR) is 76.7 cm³/mol. The Morgan fingerprint density at radius 2 is 2.33 bits per heavy atom. The van der Waals surface area contributed by atoms with Crippen LogP contribution in [0.25, 0.3) is 0 Å². The summed E-state index contributed by atoms with van der Waals surface area (Å²) in [6, 6.07) is 2.51. The van der Waals surface area contributed by atoms with Crippen molar-refractivity contribution in [2.24, 2.45) is 0 Å². The summed E-state index contributed by atoms with van der Waals surface area (Å²) < 4.78 is 5.14. The second-order valence-electron chi connectivity index (χ2n) is 5.28. The van der Waals surface area contributed by atoms with E-state index in [2.05, 4.69) is 5.32 Å². The molecule has 1 saturated heterocycles. The van der Waals surface area contributed by atoms with Gasteiger partial charge in [0.15, 0.2) is 5.76 Å². The lowest BCUT2D eigenvalue weighted by molar-refractivity contribution is -0.127. The Morgan fingerprint density at radius 1 is 1.52 bits per heavy atom. The highest BCUT2D eigenvalue weighted by molar-refractivity contribution is 5.95. The first-order chi connectivity index (χ1) is 10.2. The van der Waals surface area contributed by atoms with E-state index in [-0.39, 0.29) is 30.2 Å². The Labute approximate surface area is 124 Å². The highest BCUT2D eigenvalue weighted by Crippen LogP contribution is 2.20. The zero-order valence-corrected chi connectivity index (χ0v) is 12.2. The number of piperidine rings is 1. The SMILES string of the molecule is CCC(CO)NC(=O)C1CCCCN1C(=O)c1ccco1. The Morgan fingerprint density at radius 3 is 2.95 bits per heavy atom. The summed E-state index contributed by atoms with van der Waals surface area (Å²) in [6.45, 7) is 2.35. The third-order valence-electron chi connectivity index (χ3n) is 3.86. The van der Waals surface area contributed by atoms with Crippen LogP contribution in [-0.4, -0.2) is 47.1 Å². The number of aliphatic hydroxyl groups is 1. The van der Waals surface area contributed by atoms with E-state index in [0.717, 1.165) is 12.8 Å². The molecule has 21 heavy (non-hydrogen) atoms. The molecule has 1 aliphatic rings. The van der Waals surface area contributed by atoms with Gasteiger partial charge < -0.3 is 19.7 Å². The van der Waals surface area contributed by atoms with Crippen LogP contribution in [0.1, 0.15) is 43.2 Å². The number of carbonyl (C=O) groups excluding carboxylic acids is 2. The van der Waals surface area contributed by atoms with Crippen molar-refractivity contribution >= 4 is 11.8 Å². The van der Waals surface area contributed by atoms with Gasteiger partial charge in [-0.15, -0.1) is 0 Å². The largest absolute Gasteiger partial charge is 0.459 e. The van der Waals surface area contributed by atoms with Gasteiger partial charge in [-0.05, 0) is 37.8 Å². The van der Waals surface area contributed by atoms with Crippen molar-refractivity contribution in [3.05, 3.63) is 24.2 Å². The summed E-state index contributed by atoms with van der Waals surface area (Å²) in [5.74, 6) is -0.198. The maximum atomic E-state index is 12.4. The minimum absolute atomic E-state index is 0.0961. The van der Waals surface area contributed by atoms with E-state index >= 15 is 0 Å². The van der Waals surface area contributed by atoms with E-state index in [1.54, 1.807) is 17.0 Å². The van der Waals surface area contributed by atoms with Gasteiger partial charge in [-0.25, -0.2) is 0 Å². The second-order valence-corrected chi connectivity index (χ2v) is 5.28. The van der Waals surface area contributed by atoms with Crippen LogP contribution in [0, 0.1) is 0 Å². The number of carbonyl (C=O) groups is 2. The minimum Gasteiger partial charge on any atom is -0.459 e. The van der Waals surface area contributed by atoms with Crippen LogP contribution in [0.3, 0.4) is 0 Å². The number of hydrogen-bond acceptors (Lipinski definition) is 4. The average molecular weight is 294 g/mol. The summed E-state index contributed by atoms with van der Waals surface area (Å²) in [7, 11) is 0. The van der Waals surface area contributed by atoms with E-state index < -0.39 is 6.04 Å². The number of furan rings is 1. The van der Waals surface area contributed by atoms with Crippen LogP contribution in [0.5, 0.6) is 0 Å². The molecule has 1 aromatic heterocycles. The highest BCUT2D eigenvalue weighted by atomic mass is 16.3. The van der Waals surface area contributed by atoms with Crippen LogP contribution in [0.15, 0.2) is 22.8 Å². The van der Waals surface area contributed by atoms with Gasteiger partial charge in [0.25, 0.3) is 5.91 Å². The molecule has 2 rings (SSSR count). The molecule has 2 N–H and O–H groups in total. The lowest BCUT2D eigenvalue weighted by atomic mass is 10.0. The molecule has 6 heteroatoms. The Kier molecular flexibility index (Phi) is 5.38. The molecule has 2 atom stereocenters. The third-order valence-corrected chi connectivity index (χ3v) is 3.86. The van der Waals surface area contributed by atoms with Gasteiger partial charge in [-0.3, -0.25) is 9.59 Å². The molecule has 1 aromatic rings. The number of hydrogen-bond donors (Lipinski definition) is 2. The Bertz CT molecular complexity index is 468. The van der Waals surface area contributed by atoms with Crippen LogP contribution in [0.2, 0.25) is 0 Å². The van der Waals surface area contributed by atoms with Crippen LogP contribution in [0.4, 0.5) is 0 Å². The number of aliphatic hydroxyl groups excluding tert-OH is 1. The maximum absolute atomic E-state index is 12.4. The highest BCUT2D eigenvalue weighted by Gasteiger charge is 2.34. The molecular formula is C15H22N2O4. The van der Waals surface area contributed by atoms with Crippen LogP contribution < -0.4 is 5.32 Å². The Balaban J connectivity index is 2.08. The summed E-state index contributed by atoms with van der Waals surface area (Å²) in [6.07, 6.45) is 4.54. The van der Waals surface area contributed by atoms with E-state index in [0.29, 0.717) is 19.4 Å². The second kappa shape index (κ2) is 7.26. The minimum atomic E-state index is -0.489. The smallest absolute Gasteiger partial charge is 0.290 e. The molecule has 0 aliphatic carbocycles. The molecule has 0 bridgehead atoms. The number of likely N-dealkylation sites (tertiary alicyclic amines) is 1. The molecule has 1 aliphatic heterocycles. The zero-order valence-electron chi connectivity index (χ0n) is 12.2. The molecule has 0 saturated carbocycles. The summed E-state index contributed by atoms with van der Waals surface area (Å²) in [4.78, 5) is 26.3. The normalized spacial score (nSPS) is 20.1. The fourth-order valence-corrected chi connectivity index (χ4v) is 2.56. The summed E-state index contributed by atoms with van der Waals surface area (Å²) in [5, 5.41) is 12.0. The fraction of sp³-hybridized carbons (Fsp3) is 0.600. The van der Waals surface area contributed by atoms with Crippen molar-refractivity contribution in [2.75, 3.05) is 13.2 Å². The van der Waals surface area contributed by atoms with Crippen LogP contribution in [-0.2, 0) is 4.79 Å². The van der Waals surface area contributed by atoms with E-state index in [4.69, 9.17) is 4.42 Å². The molecule has 2 amide bonds. The molecule has 0 aromatic carbocycles. The van der Waals surface area contributed by atoms with Gasteiger partial charge in [-0.1, -0.05) is 6.92 Å². The van der Waals surface area contributed by atoms with E-state index in [9.17, 15) is 14.7 Å². The average Bonchev–Trinajstić information content (AvgIpc) is 3.06. The first-order valence-corrected chi connectivity index (χ1v) is 7.43. The van der Waals surface area contributed by atoms with Gasteiger partial charge in [0.1, 0.15) is 6.04 Å². The zero-order chi connectivity index (χ0) is 15.2. The lowest BCUT2D eigenvalue weighted by Gasteiger charge is -2.34. The number of amides is 2. The van der Waals surface area contributed by atoms with Gasteiger partial charge >= 0.3 is 0 Å². The first-order valence-electron chi connectivity index (χ1n) is 7.43. The number of rotatable bonds is 5. The van der Waals surface area contributed by atoms with Crippen molar-refractivity contribution in [3.8, 4) is 0 Å². The predicted octanol–water partition coefficient (Wildman–Crippen LogP) is 1.16. The molecule has 116 valence electrons. The topological polar surface area (TPSA) is 82.8 Å². The summed E-state index contributed by atoms with van der Waals surface area (Å²) in [5.41, 5.74) is 0. The monoisotopic (exact) mass is 294 g/mol. The van der Waals surface area contributed by atoms with Crippen molar-refractivity contribution in [1.29, 1.82) is 0 Å². The lowest BCUT2D eigenvalue weighted by Crippen LogP contribution is -2.54. The van der Waals surface area contributed by atoms with Crippen molar-refractivity contribution < 1.29 is 19.1 Å². The number of nitrogens with one attached hydrogen (secondary N) is 1. The molecule has 0 radical (unpaired) electrons. The van der Waals surface area contributed by atoms with Crippen LogP contribution >= 0.6 is 0 Å². The van der Waals surface area contributed by atoms with Gasteiger partial charge in [0.05, 0.1) is 18.9 Å². The molecule has 1 fully saturated rings. The van der Waals surface area contributed by atoms with Crippen molar-refractivity contribution in [2.45, 2.75) is 44.7 Å².